The van der Waals surface area contributed by atoms with Crippen LogP contribution in [-0.2, 0) is 4.79 Å². The van der Waals surface area contributed by atoms with Gasteiger partial charge in [-0.3, -0.25) is 4.79 Å². The van der Waals surface area contributed by atoms with Crippen molar-refractivity contribution >= 4 is 5.91 Å². The summed E-state index contributed by atoms with van der Waals surface area (Å²) in [6, 6.07) is 0.358. The van der Waals surface area contributed by atoms with Crippen LogP contribution in [0.25, 0.3) is 0 Å². The third kappa shape index (κ3) is 5.13. The number of hydrogen-bond acceptors (Lipinski definition) is 2. The van der Waals surface area contributed by atoms with E-state index in [9.17, 15) is 4.79 Å². The van der Waals surface area contributed by atoms with Gasteiger partial charge in [-0.25, -0.2) is 0 Å². The van der Waals surface area contributed by atoms with E-state index in [0.29, 0.717) is 17.9 Å². The van der Waals surface area contributed by atoms with Gasteiger partial charge in [0.1, 0.15) is 0 Å². The smallest absolute Gasteiger partial charge is 0.223 e. The summed E-state index contributed by atoms with van der Waals surface area (Å²) in [5.74, 6) is 1.19. The Labute approximate surface area is 117 Å². The molecule has 2 unspecified atom stereocenters. The molecule has 3 N–H and O–H groups in total. The Balaban J connectivity index is 1.70. The molecule has 0 aliphatic heterocycles. The Kier molecular flexibility index (Phi) is 6.15. The summed E-state index contributed by atoms with van der Waals surface area (Å²) in [5.41, 5.74) is 6.00. The largest absolute Gasteiger partial charge is 0.356 e. The lowest BCUT2D eigenvalue weighted by Gasteiger charge is -2.27. The van der Waals surface area contributed by atoms with Gasteiger partial charge < -0.3 is 11.1 Å². The Bertz CT molecular complexity index is 272. The first-order valence-electron chi connectivity index (χ1n) is 8.29. The Morgan fingerprint density at radius 1 is 0.947 bits per heavy atom. The van der Waals surface area contributed by atoms with Gasteiger partial charge in [0.15, 0.2) is 0 Å². The van der Waals surface area contributed by atoms with E-state index >= 15 is 0 Å². The molecule has 2 saturated carbocycles. The molecule has 0 aromatic heterocycles. The van der Waals surface area contributed by atoms with Crippen LogP contribution in [0.3, 0.4) is 0 Å². The van der Waals surface area contributed by atoms with Crippen LogP contribution in [0.2, 0.25) is 0 Å². The molecule has 2 aliphatic carbocycles. The van der Waals surface area contributed by atoms with Crippen molar-refractivity contribution in [3.63, 3.8) is 0 Å². The fourth-order valence-corrected chi connectivity index (χ4v) is 3.63. The molecule has 2 aliphatic rings. The first-order chi connectivity index (χ1) is 9.25. The molecule has 2 atom stereocenters. The van der Waals surface area contributed by atoms with E-state index in [2.05, 4.69) is 5.32 Å². The van der Waals surface area contributed by atoms with Crippen LogP contribution < -0.4 is 11.1 Å². The van der Waals surface area contributed by atoms with Gasteiger partial charge in [-0.1, -0.05) is 38.5 Å². The van der Waals surface area contributed by atoms with Crippen LogP contribution in [0.4, 0.5) is 0 Å². The highest BCUT2D eigenvalue weighted by Crippen LogP contribution is 2.24. The van der Waals surface area contributed by atoms with E-state index in [1.807, 2.05) is 0 Å². The fraction of sp³-hybridized carbons (Fsp3) is 0.938. The normalized spacial score (nSPS) is 30.4. The van der Waals surface area contributed by atoms with Gasteiger partial charge in [0.25, 0.3) is 0 Å². The molecule has 0 aromatic carbocycles. The summed E-state index contributed by atoms with van der Waals surface area (Å²) in [7, 11) is 0. The van der Waals surface area contributed by atoms with Crippen molar-refractivity contribution in [3.05, 3.63) is 0 Å². The fourth-order valence-electron chi connectivity index (χ4n) is 3.63. The minimum absolute atomic E-state index is 0.276. The number of hydrogen-bond donors (Lipinski definition) is 2. The van der Waals surface area contributed by atoms with E-state index in [1.165, 1.54) is 44.9 Å². The molecule has 19 heavy (non-hydrogen) atoms. The second kappa shape index (κ2) is 7.88. The van der Waals surface area contributed by atoms with Gasteiger partial charge >= 0.3 is 0 Å². The van der Waals surface area contributed by atoms with E-state index in [-0.39, 0.29) is 5.92 Å². The number of rotatable bonds is 3. The maximum Gasteiger partial charge on any atom is 0.223 e. The molecule has 1 amide bonds. The summed E-state index contributed by atoms with van der Waals surface area (Å²) in [6.07, 6.45) is 13.3. The predicted octanol–water partition coefficient (Wildman–Crippen LogP) is 2.98. The van der Waals surface area contributed by atoms with E-state index in [1.54, 1.807) is 0 Å². The summed E-state index contributed by atoms with van der Waals surface area (Å²) in [6.45, 7) is 0.850. The SMILES string of the molecule is NC1CCCC(CNC(=O)C2CCCCCCC2)C1. The Morgan fingerprint density at radius 2 is 1.63 bits per heavy atom. The van der Waals surface area contributed by atoms with Crippen LogP contribution in [0.15, 0.2) is 0 Å². The Hall–Kier alpha value is -0.570. The van der Waals surface area contributed by atoms with Crippen LogP contribution in [0.5, 0.6) is 0 Å². The number of nitrogens with one attached hydrogen (secondary N) is 1. The molecule has 2 fully saturated rings. The maximum atomic E-state index is 12.2. The zero-order valence-electron chi connectivity index (χ0n) is 12.2. The monoisotopic (exact) mass is 266 g/mol. The standard InChI is InChI=1S/C16H30N2O/c17-15-10-6-7-13(11-15)12-18-16(19)14-8-4-2-1-3-5-9-14/h13-15H,1-12,17H2,(H,18,19). The maximum absolute atomic E-state index is 12.2. The number of amides is 1. The average molecular weight is 266 g/mol. The second-order valence-corrected chi connectivity index (χ2v) is 6.58. The topological polar surface area (TPSA) is 55.1 Å². The third-order valence-corrected chi connectivity index (χ3v) is 4.86. The number of carbonyl (C=O) groups excluding carboxylic acids is 1. The minimum Gasteiger partial charge on any atom is -0.356 e. The molecule has 3 nitrogen and oxygen atoms in total. The van der Waals surface area contributed by atoms with Gasteiger partial charge in [0.2, 0.25) is 5.91 Å². The quantitative estimate of drug-likeness (QED) is 0.825. The van der Waals surface area contributed by atoms with Crippen molar-refractivity contribution in [2.75, 3.05) is 6.54 Å². The summed E-state index contributed by atoms with van der Waals surface area (Å²) >= 11 is 0. The number of nitrogens with two attached hydrogens (primary N) is 1. The average Bonchev–Trinajstić information content (AvgIpc) is 2.36. The molecule has 0 aromatic rings. The second-order valence-electron chi connectivity index (χ2n) is 6.58. The van der Waals surface area contributed by atoms with Crippen molar-refractivity contribution < 1.29 is 4.79 Å². The molecule has 3 heteroatoms. The molecule has 0 saturated heterocycles. The van der Waals surface area contributed by atoms with Crippen molar-refractivity contribution in [1.29, 1.82) is 0 Å². The van der Waals surface area contributed by atoms with Crippen LogP contribution in [0.1, 0.15) is 70.6 Å². The van der Waals surface area contributed by atoms with Gasteiger partial charge in [0, 0.05) is 18.5 Å². The van der Waals surface area contributed by atoms with Crippen LogP contribution in [-0.4, -0.2) is 18.5 Å². The van der Waals surface area contributed by atoms with Crippen molar-refractivity contribution in [3.8, 4) is 0 Å². The molecule has 0 spiro atoms. The summed E-state index contributed by atoms with van der Waals surface area (Å²) < 4.78 is 0. The zero-order valence-corrected chi connectivity index (χ0v) is 12.2. The number of carbonyl (C=O) groups is 1. The predicted molar refractivity (Wildman–Crippen MR) is 78.8 cm³/mol. The lowest BCUT2D eigenvalue weighted by molar-refractivity contribution is -0.125. The third-order valence-electron chi connectivity index (χ3n) is 4.86. The Morgan fingerprint density at radius 3 is 2.32 bits per heavy atom. The first-order valence-corrected chi connectivity index (χ1v) is 8.29. The lowest BCUT2D eigenvalue weighted by atomic mass is 9.85. The molecule has 0 heterocycles. The summed E-state index contributed by atoms with van der Waals surface area (Å²) in [5, 5.41) is 3.20. The van der Waals surface area contributed by atoms with Crippen molar-refractivity contribution in [2.24, 2.45) is 17.6 Å². The van der Waals surface area contributed by atoms with Gasteiger partial charge in [0.05, 0.1) is 0 Å². The highest BCUT2D eigenvalue weighted by Gasteiger charge is 2.22. The molecule has 110 valence electrons. The van der Waals surface area contributed by atoms with Crippen molar-refractivity contribution in [1.82, 2.24) is 5.32 Å². The molecular formula is C16H30N2O. The molecular weight excluding hydrogens is 236 g/mol. The molecule has 0 bridgehead atoms. The highest BCUT2D eigenvalue weighted by molar-refractivity contribution is 5.78. The minimum atomic E-state index is 0.276. The van der Waals surface area contributed by atoms with Crippen LogP contribution >= 0.6 is 0 Å². The van der Waals surface area contributed by atoms with Gasteiger partial charge in [-0.2, -0.15) is 0 Å². The van der Waals surface area contributed by atoms with Gasteiger partial charge in [-0.15, -0.1) is 0 Å². The van der Waals surface area contributed by atoms with E-state index < -0.39 is 0 Å². The zero-order chi connectivity index (χ0) is 13.5. The lowest BCUT2D eigenvalue weighted by Crippen LogP contribution is -2.38. The molecule has 2 rings (SSSR count). The first kappa shape index (κ1) is 14.8. The summed E-state index contributed by atoms with van der Waals surface area (Å²) in [4.78, 5) is 12.2. The van der Waals surface area contributed by atoms with E-state index in [0.717, 1.165) is 32.2 Å². The van der Waals surface area contributed by atoms with Crippen LogP contribution in [0, 0.1) is 11.8 Å². The highest BCUT2D eigenvalue weighted by atomic mass is 16.1. The van der Waals surface area contributed by atoms with Gasteiger partial charge in [-0.05, 0) is 38.0 Å². The van der Waals surface area contributed by atoms with E-state index in [4.69, 9.17) is 5.73 Å². The van der Waals surface area contributed by atoms with Crippen molar-refractivity contribution in [2.45, 2.75) is 76.7 Å². The molecule has 0 radical (unpaired) electrons.